The molecule has 1 rings (SSSR count). The minimum atomic E-state index is 1.58. The van der Waals surface area contributed by atoms with Gasteiger partial charge >= 0.3 is 0 Å². The van der Waals surface area contributed by atoms with E-state index >= 15 is 0 Å². The number of nitrogens with zero attached hydrogens (tertiary/aromatic N) is 3. The van der Waals surface area contributed by atoms with E-state index in [9.17, 15) is 0 Å². The van der Waals surface area contributed by atoms with Crippen LogP contribution in [0.5, 0.6) is 0 Å². The molecule has 1 heterocycles. The molecule has 41 valence electrons. The molecular formula is C5H6N3. The molecule has 0 saturated heterocycles. The van der Waals surface area contributed by atoms with Gasteiger partial charge in [0.25, 0.3) is 0 Å². The predicted molar refractivity (Wildman–Crippen MR) is 29.9 cm³/mol. The van der Waals surface area contributed by atoms with Gasteiger partial charge in [0.15, 0.2) is 0 Å². The predicted octanol–water partition coefficient (Wildman–Crippen LogP) is 0.474. The summed E-state index contributed by atoms with van der Waals surface area (Å²) >= 11 is 0. The molecule has 8 heavy (non-hydrogen) atoms. The van der Waals surface area contributed by atoms with Crippen LogP contribution < -0.4 is 0 Å². The van der Waals surface area contributed by atoms with Crippen LogP contribution in [0.2, 0.25) is 0 Å². The third-order valence-corrected chi connectivity index (χ3v) is 0.699. The Kier molecular flexibility index (Phi) is 1.42. The molecule has 0 unspecified atom stereocenters. The van der Waals surface area contributed by atoms with E-state index in [1.54, 1.807) is 29.7 Å². The second-order valence-corrected chi connectivity index (χ2v) is 1.27. The molecule has 0 spiro atoms. The summed E-state index contributed by atoms with van der Waals surface area (Å²) in [4.78, 5) is 0. The quantitative estimate of drug-likeness (QED) is 0.551. The molecule has 0 aliphatic carbocycles. The summed E-state index contributed by atoms with van der Waals surface area (Å²) in [5.74, 6) is 0. The summed E-state index contributed by atoms with van der Waals surface area (Å²) in [6, 6.07) is 0. The first-order valence-electron chi connectivity index (χ1n) is 2.25. The van der Waals surface area contributed by atoms with Gasteiger partial charge < -0.3 is 0 Å². The van der Waals surface area contributed by atoms with Crippen molar-refractivity contribution in [3.05, 3.63) is 31.6 Å². The molecule has 0 amide bonds. The van der Waals surface area contributed by atoms with Crippen molar-refractivity contribution in [2.75, 3.05) is 0 Å². The highest BCUT2D eigenvalue weighted by atomic mass is 15.4. The fourth-order valence-corrected chi connectivity index (χ4v) is 0.405. The van der Waals surface area contributed by atoms with Gasteiger partial charge in [-0.15, -0.1) is 11.7 Å². The smallest absolute Gasteiger partial charge is 0.0974 e. The minimum Gasteiger partial charge on any atom is -0.243 e. The average Bonchev–Trinajstić information content (AvgIpc) is 2.19. The lowest BCUT2D eigenvalue weighted by Gasteiger charge is -1.86. The van der Waals surface area contributed by atoms with Crippen LogP contribution in [-0.2, 0) is 0 Å². The summed E-state index contributed by atoms with van der Waals surface area (Å²) < 4.78 is 1.58. The fraction of sp³-hybridized carbons (Fsp3) is 0. The zero-order valence-corrected chi connectivity index (χ0v) is 4.36. The van der Waals surface area contributed by atoms with Gasteiger partial charge in [0.05, 0.1) is 12.7 Å². The highest BCUT2D eigenvalue weighted by molar-refractivity contribution is 4.87. The van der Waals surface area contributed by atoms with E-state index in [0.29, 0.717) is 0 Å². The highest BCUT2D eigenvalue weighted by Gasteiger charge is 1.82. The molecule has 1 aromatic heterocycles. The van der Waals surface area contributed by atoms with Crippen molar-refractivity contribution in [2.45, 2.75) is 0 Å². The zero-order chi connectivity index (χ0) is 5.82. The monoisotopic (exact) mass is 108 g/mol. The van der Waals surface area contributed by atoms with Crippen LogP contribution in [0.4, 0.5) is 0 Å². The molecule has 0 atom stereocenters. The first-order chi connectivity index (χ1) is 3.93. The molecule has 0 aliphatic rings. The summed E-state index contributed by atoms with van der Waals surface area (Å²) in [5.41, 5.74) is 0. The van der Waals surface area contributed by atoms with Crippen LogP contribution in [0.1, 0.15) is 0 Å². The molecule has 3 nitrogen and oxygen atoms in total. The fourth-order valence-electron chi connectivity index (χ4n) is 0.405. The number of rotatable bonds is 2. The standard InChI is InChI=1S/C5H6N3/c1-2-4-8-5-3-6-7-8/h2-5H,1H2. The van der Waals surface area contributed by atoms with Gasteiger partial charge in [-0.2, -0.15) is 0 Å². The van der Waals surface area contributed by atoms with Crippen LogP contribution in [0.15, 0.2) is 25.0 Å². The molecule has 0 aromatic carbocycles. The maximum Gasteiger partial charge on any atom is 0.0974 e. The van der Waals surface area contributed by atoms with Crippen LogP contribution in [0, 0.1) is 6.54 Å². The summed E-state index contributed by atoms with van der Waals surface area (Å²) in [5, 5.41) is 7.22. The van der Waals surface area contributed by atoms with E-state index in [1.165, 1.54) is 0 Å². The Morgan fingerprint density at radius 3 is 3.00 bits per heavy atom. The Morgan fingerprint density at radius 1 is 1.62 bits per heavy atom. The van der Waals surface area contributed by atoms with E-state index < -0.39 is 0 Å². The van der Waals surface area contributed by atoms with Crippen molar-refractivity contribution >= 4 is 0 Å². The van der Waals surface area contributed by atoms with Crippen molar-refractivity contribution in [3.63, 3.8) is 0 Å². The van der Waals surface area contributed by atoms with Crippen LogP contribution in [-0.4, -0.2) is 15.0 Å². The van der Waals surface area contributed by atoms with Crippen molar-refractivity contribution in [1.82, 2.24) is 15.0 Å². The van der Waals surface area contributed by atoms with Crippen molar-refractivity contribution in [3.8, 4) is 0 Å². The van der Waals surface area contributed by atoms with Gasteiger partial charge in [0.2, 0.25) is 0 Å². The Hall–Kier alpha value is -1.12. The van der Waals surface area contributed by atoms with Crippen LogP contribution in [0.3, 0.4) is 0 Å². The Labute approximate surface area is 47.6 Å². The van der Waals surface area contributed by atoms with Crippen molar-refractivity contribution in [2.24, 2.45) is 0 Å². The minimum absolute atomic E-state index is 1.58. The molecule has 3 heteroatoms. The van der Waals surface area contributed by atoms with Crippen molar-refractivity contribution in [1.29, 1.82) is 0 Å². The maximum absolute atomic E-state index is 3.65. The molecule has 0 bridgehead atoms. The molecule has 0 fully saturated rings. The average molecular weight is 108 g/mol. The molecule has 0 N–H and O–H groups in total. The molecule has 1 aromatic rings. The Bertz CT molecular complexity index is 154. The summed E-state index contributed by atoms with van der Waals surface area (Å²) in [6.07, 6.45) is 5.00. The summed E-state index contributed by atoms with van der Waals surface area (Å²) in [6.45, 7) is 5.21. The Morgan fingerprint density at radius 2 is 2.50 bits per heavy atom. The molecule has 0 saturated carbocycles. The number of allylic oxidation sites excluding steroid dienone is 1. The van der Waals surface area contributed by atoms with E-state index in [4.69, 9.17) is 0 Å². The topological polar surface area (TPSA) is 30.7 Å². The lowest BCUT2D eigenvalue weighted by atomic mass is 10.6. The molecular weight excluding hydrogens is 102 g/mol. The van der Waals surface area contributed by atoms with Crippen molar-refractivity contribution < 1.29 is 0 Å². The van der Waals surface area contributed by atoms with E-state index in [0.717, 1.165) is 0 Å². The first kappa shape index (κ1) is 5.03. The lowest BCUT2D eigenvalue weighted by molar-refractivity contribution is 0.768. The number of aromatic nitrogens is 3. The maximum atomic E-state index is 3.65. The highest BCUT2D eigenvalue weighted by Crippen LogP contribution is 1.81. The largest absolute Gasteiger partial charge is 0.243 e. The lowest BCUT2D eigenvalue weighted by Crippen LogP contribution is -1.91. The van der Waals surface area contributed by atoms with Gasteiger partial charge in [-0.05, 0) is 0 Å². The third-order valence-electron chi connectivity index (χ3n) is 0.699. The van der Waals surface area contributed by atoms with E-state index in [1.807, 2.05) is 0 Å². The van der Waals surface area contributed by atoms with E-state index in [-0.39, 0.29) is 0 Å². The Balaban J connectivity index is 2.62. The van der Waals surface area contributed by atoms with Crippen LogP contribution in [0.25, 0.3) is 0 Å². The van der Waals surface area contributed by atoms with Gasteiger partial charge in [-0.25, -0.2) is 4.68 Å². The van der Waals surface area contributed by atoms with Gasteiger partial charge in [0.1, 0.15) is 0 Å². The third kappa shape index (κ3) is 0.932. The van der Waals surface area contributed by atoms with Crippen LogP contribution >= 0.6 is 0 Å². The number of hydrogen-bond acceptors (Lipinski definition) is 2. The first-order valence-corrected chi connectivity index (χ1v) is 2.25. The molecule has 1 radical (unpaired) electrons. The normalized spacial score (nSPS) is 9.00. The second kappa shape index (κ2) is 2.26. The molecule has 0 aliphatic heterocycles. The SMILES string of the molecule is C=C[CH]n1ccnn1. The van der Waals surface area contributed by atoms with Gasteiger partial charge in [-0.3, -0.25) is 0 Å². The van der Waals surface area contributed by atoms with Gasteiger partial charge in [0, 0.05) is 6.20 Å². The summed E-state index contributed by atoms with van der Waals surface area (Å²) in [7, 11) is 0. The van der Waals surface area contributed by atoms with E-state index in [2.05, 4.69) is 16.9 Å². The van der Waals surface area contributed by atoms with Gasteiger partial charge in [-0.1, -0.05) is 11.3 Å². The zero-order valence-electron chi connectivity index (χ0n) is 4.36. The second-order valence-electron chi connectivity index (χ2n) is 1.27. The number of hydrogen-bond donors (Lipinski definition) is 0.